The Bertz CT molecular complexity index is 519. The van der Waals surface area contributed by atoms with Crippen LogP contribution in [0.3, 0.4) is 0 Å². The first-order chi connectivity index (χ1) is 9.47. The maximum atomic E-state index is 9.35. The smallest absolute Gasteiger partial charge is 0.115 e. The summed E-state index contributed by atoms with van der Waals surface area (Å²) in [6.07, 6.45) is 4.08. The summed E-state index contributed by atoms with van der Waals surface area (Å²) in [5.41, 5.74) is 2.09. The number of benzene rings is 2. The van der Waals surface area contributed by atoms with Crippen LogP contribution in [0.4, 0.5) is 0 Å². The highest BCUT2D eigenvalue weighted by atomic mass is 32.2. The molecule has 20 heavy (non-hydrogen) atoms. The van der Waals surface area contributed by atoms with Crippen molar-refractivity contribution in [2.75, 3.05) is 12.5 Å². The van der Waals surface area contributed by atoms with E-state index in [9.17, 15) is 10.2 Å². The Labute approximate surface area is 129 Å². The van der Waals surface area contributed by atoms with Gasteiger partial charge in [-0.3, -0.25) is 0 Å². The zero-order valence-corrected chi connectivity index (χ0v) is 13.8. The molecule has 0 amide bonds. The molecule has 2 N–H and O–H groups in total. The molecular weight excluding hydrogens is 288 g/mol. The van der Waals surface area contributed by atoms with Gasteiger partial charge in [0.1, 0.15) is 11.5 Å². The predicted octanol–water partition coefficient (Wildman–Crippen LogP) is 4.85. The summed E-state index contributed by atoms with van der Waals surface area (Å²) in [4.78, 5) is 2.22. The van der Waals surface area contributed by atoms with E-state index in [1.165, 1.54) is 0 Å². The minimum atomic E-state index is 0.286. The van der Waals surface area contributed by atoms with Crippen LogP contribution in [-0.2, 0) is 0 Å². The highest BCUT2D eigenvalue weighted by molar-refractivity contribution is 7.99. The summed E-state index contributed by atoms with van der Waals surface area (Å²) in [6.45, 7) is 3.94. The van der Waals surface area contributed by atoms with Crippen molar-refractivity contribution in [1.82, 2.24) is 0 Å². The molecule has 0 radical (unpaired) electrons. The molecule has 0 spiro atoms. The maximum Gasteiger partial charge on any atom is 0.115 e. The van der Waals surface area contributed by atoms with Gasteiger partial charge in [-0.25, -0.2) is 0 Å². The Hall–Kier alpha value is -1.26. The van der Waals surface area contributed by atoms with Gasteiger partial charge >= 0.3 is 0 Å². The average molecular weight is 308 g/mol. The molecule has 2 nitrogen and oxygen atoms in total. The number of hydrogen-bond acceptors (Lipinski definition) is 4. The Morgan fingerprint density at radius 3 is 1.40 bits per heavy atom. The van der Waals surface area contributed by atoms with Crippen molar-refractivity contribution in [3.63, 3.8) is 0 Å². The van der Waals surface area contributed by atoms with E-state index in [-0.39, 0.29) is 11.5 Å². The lowest BCUT2D eigenvalue weighted by molar-refractivity contribution is 0.474. The third-order valence-electron chi connectivity index (χ3n) is 2.54. The van der Waals surface area contributed by atoms with Gasteiger partial charge in [-0.05, 0) is 73.9 Å². The van der Waals surface area contributed by atoms with Crippen molar-refractivity contribution < 1.29 is 10.2 Å². The van der Waals surface area contributed by atoms with Crippen molar-refractivity contribution in [3.05, 3.63) is 47.5 Å². The Kier molecular flexibility index (Phi) is 6.82. The van der Waals surface area contributed by atoms with E-state index in [0.717, 1.165) is 20.9 Å². The van der Waals surface area contributed by atoms with Crippen LogP contribution in [0.2, 0.25) is 0 Å². The van der Waals surface area contributed by atoms with Gasteiger partial charge in [0.05, 0.1) is 0 Å². The first-order valence-electron chi connectivity index (χ1n) is 6.15. The summed E-state index contributed by atoms with van der Waals surface area (Å²) < 4.78 is 0. The van der Waals surface area contributed by atoms with Gasteiger partial charge < -0.3 is 10.2 Å². The van der Waals surface area contributed by atoms with Gasteiger partial charge in [0, 0.05) is 9.79 Å². The summed E-state index contributed by atoms with van der Waals surface area (Å²) in [5.74, 6) is 0.573. The minimum Gasteiger partial charge on any atom is -0.508 e. The van der Waals surface area contributed by atoms with Crippen LogP contribution in [-0.4, -0.2) is 22.7 Å². The molecule has 0 aliphatic carbocycles. The van der Waals surface area contributed by atoms with Gasteiger partial charge in [0.25, 0.3) is 0 Å². The molecule has 2 aromatic carbocycles. The van der Waals surface area contributed by atoms with Crippen molar-refractivity contribution in [3.8, 4) is 11.5 Å². The number of phenolic OH excluding ortho intramolecular Hbond substituents is 2. The molecule has 0 unspecified atom stereocenters. The Balaban J connectivity index is 0.000000612. The number of hydrogen-bond donors (Lipinski definition) is 2. The van der Waals surface area contributed by atoms with Gasteiger partial charge in [0.2, 0.25) is 0 Å². The second kappa shape index (κ2) is 8.12. The number of aromatic hydroxyl groups is 2. The SMILES string of the molecule is CSC.Cc1cc(O)ccc1Sc1ccc(O)cc1C. The predicted molar refractivity (Wildman–Crippen MR) is 89.2 cm³/mol. The first-order valence-corrected chi connectivity index (χ1v) is 8.60. The van der Waals surface area contributed by atoms with Crippen molar-refractivity contribution in [2.24, 2.45) is 0 Å². The maximum absolute atomic E-state index is 9.35. The fraction of sp³-hybridized carbons (Fsp3) is 0.250. The molecular formula is C16H20O2S2. The van der Waals surface area contributed by atoms with Gasteiger partial charge in [-0.1, -0.05) is 11.8 Å². The van der Waals surface area contributed by atoms with Crippen LogP contribution in [0.1, 0.15) is 11.1 Å². The van der Waals surface area contributed by atoms with Crippen molar-refractivity contribution in [2.45, 2.75) is 23.6 Å². The summed E-state index contributed by atoms with van der Waals surface area (Å²) in [7, 11) is 0. The number of phenols is 2. The van der Waals surface area contributed by atoms with E-state index in [4.69, 9.17) is 0 Å². The van der Waals surface area contributed by atoms with E-state index in [2.05, 4.69) is 0 Å². The van der Waals surface area contributed by atoms with E-state index in [1.54, 1.807) is 47.8 Å². The normalized spacial score (nSPS) is 9.80. The third kappa shape index (κ3) is 5.02. The van der Waals surface area contributed by atoms with Crippen LogP contribution in [0.25, 0.3) is 0 Å². The van der Waals surface area contributed by atoms with Gasteiger partial charge in [-0.2, -0.15) is 11.8 Å². The lowest BCUT2D eigenvalue weighted by Crippen LogP contribution is -1.82. The lowest BCUT2D eigenvalue weighted by atomic mass is 10.2. The molecule has 0 saturated carbocycles. The average Bonchev–Trinajstić information content (AvgIpc) is 2.36. The van der Waals surface area contributed by atoms with Crippen LogP contribution < -0.4 is 0 Å². The van der Waals surface area contributed by atoms with Crippen LogP contribution in [0.15, 0.2) is 46.2 Å². The molecule has 4 heteroatoms. The van der Waals surface area contributed by atoms with E-state index in [1.807, 2.05) is 38.5 Å². The molecule has 0 saturated heterocycles. The van der Waals surface area contributed by atoms with Crippen LogP contribution in [0.5, 0.6) is 11.5 Å². The quantitative estimate of drug-likeness (QED) is 0.832. The zero-order valence-electron chi connectivity index (χ0n) is 12.2. The van der Waals surface area contributed by atoms with Crippen molar-refractivity contribution >= 4 is 23.5 Å². The third-order valence-corrected chi connectivity index (χ3v) is 3.89. The second-order valence-electron chi connectivity index (χ2n) is 4.41. The van der Waals surface area contributed by atoms with E-state index < -0.39 is 0 Å². The molecule has 0 aliphatic rings. The molecule has 108 valence electrons. The Morgan fingerprint density at radius 2 is 1.10 bits per heavy atom. The van der Waals surface area contributed by atoms with E-state index in [0.29, 0.717) is 0 Å². The highest BCUT2D eigenvalue weighted by Crippen LogP contribution is 2.34. The summed E-state index contributed by atoms with van der Waals surface area (Å²) >= 11 is 3.39. The number of aryl methyl sites for hydroxylation is 2. The molecule has 0 fully saturated rings. The van der Waals surface area contributed by atoms with Crippen LogP contribution >= 0.6 is 23.5 Å². The lowest BCUT2D eigenvalue weighted by Gasteiger charge is -2.08. The fourth-order valence-corrected chi connectivity index (χ4v) is 2.56. The molecule has 2 aromatic rings. The summed E-state index contributed by atoms with van der Waals surface area (Å²) in [5, 5.41) is 18.7. The number of rotatable bonds is 2. The fourth-order valence-electron chi connectivity index (χ4n) is 1.61. The largest absolute Gasteiger partial charge is 0.508 e. The minimum absolute atomic E-state index is 0.286. The number of thioether (sulfide) groups is 1. The molecule has 0 heterocycles. The van der Waals surface area contributed by atoms with Gasteiger partial charge in [-0.15, -0.1) is 0 Å². The molecule has 0 atom stereocenters. The molecule has 0 aromatic heterocycles. The standard InChI is InChI=1S/C14H14O2S.C2H6S/c1-9-7-11(15)3-5-13(9)17-14-6-4-12(16)8-10(14)2;1-3-2/h3-8,15-16H,1-2H3;1-2H3. The Morgan fingerprint density at radius 1 is 0.750 bits per heavy atom. The highest BCUT2D eigenvalue weighted by Gasteiger charge is 2.05. The molecule has 2 rings (SSSR count). The first kappa shape index (κ1) is 16.8. The second-order valence-corrected chi connectivity index (χ2v) is 6.31. The summed E-state index contributed by atoms with van der Waals surface area (Å²) in [6, 6.07) is 10.7. The van der Waals surface area contributed by atoms with Crippen molar-refractivity contribution in [1.29, 1.82) is 0 Å². The topological polar surface area (TPSA) is 40.5 Å². The monoisotopic (exact) mass is 308 g/mol. The van der Waals surface area contributed by atoms with Crippen LogP contribution in [0, 0.1) is 13.8 Å². The zero-order chi connectivity index (χ0) is 15.1. The van der Waals surface area contributed by atoms with Gasteiger partial charge in [0.15, 0.2) is 0 Å². The molecule has 0 aliphatic heterocycles. The van der Waals surface area contributed by atoms with E-state index >= 15 is 0 Å². The molecule has 0 bridgehead atoms.